The van der Waals surface area contributed by atoms with Crippen LogP contribution in [0.15, 0.2) is 24.3 Å². The topological polar surface area (TPSA) is 55.8 Å². The Balaban J connectivity index is 1.61. The third-order valence-corrected chi connectivity index (χ3v) is 4.09. The van der Waals surface area contributed by atoms with Gasteiger partial charge in [0.25, 0.3) is 5.91 Å². The predicted octanol–water partition coefficient (Wildman–Crippen LogP) is 2.57. The van der Waals surface area contributed by atoms with Crippen molar-refractivity contribution >= 4 is 11.9 Å². The van der Waals surface area contributed by atoms with Crippen LogP contribution in [0.1, 0.15) is 31.7 Å². The van der Waals surface area contributed by atoms with Crippen molar-refractivity contribution in [3.63, 3.8) is 0 Å². The molecule has 0 spiro atoms. The quantitative estimate of drug-likeness (QED) is 0.756. The van der Waals surface area contributed by atoms with Crippen molar-refractivity contribution in [2.24, 2.45) is 5.92 Å². The number of hydrogen-bond donors (Lipinski definition) is 0. The number of ether oxygens (including phenoxy) is 2. The Morgan fingerprint density at radius 1 is 1.17 bits per heavy atom. The Hall–Kier alpha value is -2.04. The van der Waals surface area contributed by atoms with Crippen LogP contribution in [-0.4, -0.2) is 43.1 Å². The average Bonchev–Trinajstić information content (AvgIpc) is 2.55. The first-order chi connectivity index (χ1) is 11.0. The van der Waals surface area contributed by atoms with E-state index < -0.39 is 5.97 Å². The lowest BCUT2D eigenvalue weighted by molar-refractivity contribution is -0.153. The lowest BCUT2D eigenvalue weighted by Gasteiger charge is -2.30. The number of carbonyl (C=O) groups excluding carboxylic acids is 2. The van der Waals surface area contributed by atoms with Gasteiger partial charge in [0.15, 0.2) is 6.61 Å². The van der Waals surface area contributed by atoms with Crippen LogP contribution in [-0.2, 0) is 14.3 Å². The van der Waals surface area contributed by atoms with E-state index >= 15 is 0 Å². The molecular weight excluding hydrogens is 294 g/mol. The standard InChI is InChI=1S/C18H25NO4/c1-14-3-5-16(6-4-14)22-12-9-18(21)23-13-17(20)19-10-7-15(2)8-11-19/h3-6,15H,7-13H2,1-2H3. The van der Waals surface area contributed by atoms with Crippen LogP contribution < -0.4 is 4.74 Å². The Bertz CT molecular complexity index is 518. The number of amides is 1. The van der Waals surface area contributed by atoms with Crippen LogP contribution in [0.2, 0.25) is 0 Å². The maximum atomic E-state index is 12.0. The summed E-state index contributed by atoms with van der Waals surface area (Å²) in [7, 11) is 0. The van der Waals surface area contributed by atoms with E-state index in [9.17, 15) is 9.59 Å². The molecule has 1 fully saturated rings. The van der Waals surface area contributed by atoms with Gasteiger partial charge in [-0.15, -0.1) is 0 Å². The van der Waals surface area contributed by atoms with Crippen LogP contribution in [0.4, 0.5) is 0 Å². The lowest BCUT2D eigenvalue weighted by Crippen LogP contribution is -2.40. The number of likely N-dealkylation sites (tertiary alicyclic amines) is 1. The van der Waals surface area contributed by atoms with Gasteiger partial charge in [-0.2, -0.15) is 0 Å². The van der Waals surface area contributed by atoms with E-state index in [0.717, 1.165) is 37.2 Å². The first kappa shape index (κ1) is 17.3. The zero-order chi connectivity index (χ0) is 16.7. The van der Waals surface area contributed by atoms with Gasteiger partial charge in [-0.25, -0.2) is 0 Å². The normalized spacial score (nSPS) is 15.3. The van der Waals surface area contributed by atoms with Gasteiger partial charge in [0.1, 0.15) is 5.75 Å². The molecule has 1 aromatic carbocycles. The second kappa shape index (κ2) is 8.56. The number of aryl methyl sites for hydroxylation is 1. The number of carbonyl (C=O) groups is 2. The molecule has 1 amide bonds. The molecule has 0 aliphatic carbocycles. The maximum absolute atomic E-state index is 12.0. The van der Waals surface area contributed by atoms with E-state index in [1.54, 1.807) is 4.90 Å². The lowest BCUT2D eigenvalue weighted by atomic mass is 9.99. The van der Waals surface area contributed by atoms with Gasteiger partial charge in [-0.3, -0.25) is 9.59 Å². The second-order valence-electron chi connectivity index (χ2n) is 6.14. The van der Waals surface area contributed by atoms with Gasteiger partial charge in [-0.05, 0) is 37.8 Å². The summed E-state index contributed by atoms with van der Waals surface area (Å²) >= 11 is 0. The highest BCUT2D eigenvalue weighted by Crippen LogP contribution is 2.16. The van der Waals surface area contributed by atoms with Gasteiger partial charge < -0.3 is 14.4 Å². The van der Waals surface area contributed by atoms with Crippen molar-refractivity contribution in [3.8, 4) is 5.75 Å². The Morgan fingerprint density at radius 3 is 2.48 bits per heavy atom. The highest BCUT2D eigenvalue weighted by molar-refractivity contribution is 5.80. The third-order valence-electron chi connectivity index (χ3n) is 4.09. The summed E-state index contributed by atoms with van der Waals surface area (Å²) in [4.78, 5) is 25.4. The molecule has 2 rings (SSSR count). The van der Waals surface area contributed by atoms with Crippen molar-refractivity contribution in [2.75, 3.05) is 26.3 Å². The highest BCUT2D eigenvalue weighted by Gasteiger charge is 2.21. The number of hydrogen-bond acceptors (Lipinski definition) is 4. The fraction of sp³-hybridized carbons (Fsp3) is 0.556. The summed E-state index contributed by atoms with van der Waals surface area (Å²) in [6.45, 7) is 5.79. The fourth-order valence-electron chi connectivity index (χ4n) is 2.45. The molecule has 5 nitrogen and oxygen atoms in total. The number of piperidine rings is 1. The van der Waals surface area contributed by atoms with Crippen LogP contribution in [0.3, 0.4) is 0 Å². The van der Waals surface area contributed by atoms with E-state index in [1.165, 1.54) is 0 Å². The van der Waals surface area contributed by atoms with Gasteiger partial charge in [0.2, 0.25) is 0 Å². The molecule has 23 heavy (non-hydrogen) atoms. The molecule has 1 aromatic rings. The summed E-state index contributed by atoms with van der Waals surface area (Å²) in [5.41, 5.74) is 1.15. The molecule has 0 N–H and O–H groups in total. The second-order valence-corrected chi connectivity index (χ2v) is 6.14. The predicted molar refractivity (Wildman–Crippen MR) is 87.2 cm³/mol. The van der Waals surface area contributed by atoms with Gasteiger partial charge in [0, 0.05) is 13.1 Å². The van der Waals surface area contributed by atoms with E-state index in [1.807, 2.05) is 31.2 Å². The first-order valence-electron chi connectivity index (χ1n) is 8.17. The molecule has 1 aliphatic heterocycles. The number of rotatable bonds is 6. The third kappa shape index (κ3) is 5.93. The van der Waals surface area contributed by atoms with E-state index in [2.05, 4.69) is 6.92 Å². The summed E-state index contributed by atoms with van der Waals surface area (Å²) in [5.74, 6) is 0.878. The molecule has 0 atom stereocenters. The smallest absolute Gasteiger partial charge is 0.309 e. The van der Waals surface area contributed by atoms with Crippen LogP contribution >= 0.6 is 0 Å². The van der Waals surface area contributed by atoms with Gasteiger partial charge in [0.05, 0.1) is 13.0 Å². The van der Waals surface area contributed by atoms with E-state index in [-0.39, 0.29) is 25.5 Å². The molecule has 0 aromatic heterocycles. The largest absolute Gasteiger partial charge is 0.493 e. The van der Waals surface area contributed by atoms with Crippen LogP contribution in [0.5, 0.6) is 5.75 Å². The summed E-state index contributed by atoms with van der Waals surface area (Å²) in [6.07, 6.45) is 2.17. The molecule has 1 aliphatic rings. The number of nitrogens with zero attached hydrogens (tertiary/aromatic N) is 1. The highest BCUT2D eigenvalue weighted by atomic mass is 16.5. The molecule has 5 heteroatoms. The Morgan fingerprint density at radius 2 is 1.83 bits per heavy atom. The average molecular weight is 319 g/mol. The molecular formula is C18H25NO4. The summed E-state index contributed by atoms with van der Waals surface area (Å²) < 4.78 is 10.5. The van der Waals surface area contributed by atoms with Gasteiger partial charge >= 0.3 is 5.97 Å². The van der Waals surface area contributed by atoms with Crippen molar-refractivity contribution in [1.29, 1.82) is 0 Å². The minimum atomic E-state index is -0.407. The summed E-state index contributed by atoms with van der Waals surface area (Å²) in [6, 6.07) is 7.63. The van der Waals surface area contributed by atoms with Gasteiger partial charge in [-0.1, -0.05) is 24.6 Å². The van der Waals surface area contributed by atoms with Crippen LogP contribution in [0, 0.1) is 12.8 Å². The number of benzene rings is 1. The summed E-state index contributed by atoms with van der Waals surface area (Å²) in [5, 5.41) is 0. The molecule has 0 unspecified atom stereocenters. The molecule has 1 saturated heterocycles. The van der Waals surface area contributed by atoms with Crippen LogP contribution in [0.25, 0.3) is 0 Å². The maximum Gasteiger partial charge on any atom is 0.309 e. The fourth-order valence-corrected chi connectivity index (χ4v) is 2.45. The molecule has 0 bridgehead atoms. The van der Waals surface area contributed by atoms with Crippen molar-refractivity contribution in [2.45, 2.75) is 33.1 Å². The zero-order valence-electron chi connectivity index (χ0n) is 13.9. The molecule has 0 radical (unpaired) electrons. The molecule has 0 saturated carbocycles. The minimum Gasteiger partial charge on any atom is -0.493 e. The van der Waals surface area contributed by atoms with E-state index in [4.69, 9.17) is 9.47 Å². The Kier molecular flexibility index (Phi) is 6.44. The molecule has 126 valence electrons. The Labute approximate surface area is 137 Å². The van der Waals surface area contributed by atoms with Crippen molar-refractivity contribution in [3.05, 3.63) is 29.8 Å². The minimum absolute atomic E-state index is 0.107. The first-order valence-corrected chi connectivity index (χ1v) is 8.17. The SMILES string of the molecule is Cc1ccc(OCCC(=O)OCC(=O)N2CCC(C)CC2)cc1. The van der Waals surface area contributed by atoms with Crippen molar-refractivity contribution < 1.29 is 19.1 Å². The number of esters is 1. The zero-order valence-corrected chi connectivity index (χ0v) is 13.9. The molecule has 1 heterocycles. The monoisotopic (exact) mass is 319 g/mol. The van der Waals surface area contributed by atoms with Crippen molar-refractivity contribution in [1.82, 2.24) is 4.90 Å². The van der Waals surface area contributed by atoms with E-state index in [0.29, 0.717) is 5.92 Å².